The van der Waals surface area contributed by atoms with E-state index in [1.165, 1.54) is 0 Å². The highest BCUT2D eigenvalue weighted by atomic mass is 35.5. The van der Waals surface area contributed by atoms with E-state index in [1.54, 1.807) is 30.1 Å². The van der Waals surface area contributed by atoms with Crippen molar-refractivity contribution in [3.05, 3.63) is 64.7 Å². The van der Waals surface area contributed by atoms with Crippen molar-refractivity contribution in [1.29, 1.82) is 0 Å². The Morgan fingerprint density at radius 1 is 1.15 bits per heavy atom. The Kier molecular flexibility index (Phi) is 7.48. The summed E-state index contributed by atoms with van der Waals surface area (Å²) in [5, 5.41) is 3.31. The molecule has 0 saturated carbocycles. The minimum Gasteiger partial charge on any atom is -0.490 e. The van der Waals surface area contributed by atoms with Gasteiger partial charge in [0.05, 0.1) is 11.6 Å². The third-order valence-electron chi connectivity index (χ3n) is 3.85. The molecule has 2 aromatic carbocycles. The van der Waals surface area contributed by atoms with Crippen LogP contribution in [-0.2, 0) is 4.79 Å². The fraction of sp³-hybridized carbons (Fsp3) is 0.300. The van der Waals surface area contributed by atoms with E-state index in [0.717, 1.165) is 5.56 Å². The first-order valence-corrected chi connectivity index (χ1v) is 8.81. The molecule has 26 heavy (non-hydrogen) atoms. The number of carbonyl (C=O) groups is 2. The molecule has 1 N–H and O–H groups in total. The maximum absolute atomic E-state index is 12.1. The molecule has 0 heterocycles. The normalized spacial score (nSPS) is 10.3. The second kappa shape index (κ2) is 9.82. The monoisotopic (exact) mass is 374 g/mol. The number of likely N-dealkylation sites (N-methyl/N-ethyl adjacent to an activating group) is 1. The summed E-state index contributed by atoms with van der Waals surface area (Å²) in [6.45, 7) is 3.01. The van der Waals surface area contributed by atoms with Crippen LogP contribution in [0.5, 0.6) is 5.75 Å². The molecule has 0 aliphatic carbocycles. The molecule has 2 rings (SSSR count). The molecule has 0 aromatic heterocycles. The molecule has 0 atom stereocenters. The lowest BCUT2D eigenvalue weighted by molar-refractivity contribution is -0.130. The van der Waals surface area contributed by atoms with Crippen LogP contribution in [0.25, 0.3) is 0 Å². The molecule has 0 saturated heterocycles. The number of amides is 2. The summed E-state index contributed by atoms with van der Waals surface area (Å²) in [4.78, 5) is 25.7. The van der Waals surface area contributed by atoms with E-state index in [2.05, 4.69) is 5.32 Å². The maximum Gasteiger partial charge on any atom is 0.251 e. The lowest BCUT2D eigenvalue weighted by atomic mass is 10.1. The molecule has 0 spiro atoms. The van der Waals surface area contributed by atoms with Gasteiger partial charge in [-0.25, -0.2) is 0 Å². The van der Waals surface area contributed by atoms with Gasteiger partial charge in [-0.2, -0.15) is 0 Å². The smallest absolute Gasteiger partial charge is 0.251 e. The average Bonchev–Trinajstić information content (AvgIpc) is 2.63. The molecule has 0 aliphatic rings. The van der Waals surface area contributed by atoms with Crippen molar-refractivity contribution in [2.24, 2.45) is 0 Å². The van der Waals surface area contributed by atoms with Crippen LogP contribution in [0, 0.1) is 6.92 Å². The first-order chi connectivity index (χ1) is 12.5. The summed E-state index contributed by atoms with van der Waals surface area (Å²) in [6, 6.07) is 14.5. The molecule has 0 bridgehead atoms. The van der Waals surface area contributed by atoms with E-state index in [4.69, 9.17) is 16.3 Å². The van der Waals surface area contributed by atoms with Crippen molar-refractivity contribution < 1.29 is 14.3 Å². The van der Waals surface area contributed by atoms with Crippen LogP contribution in [0.4, 0.5) is 0 Å². The van der Waals surface area contributed by atoms with Gasteiger partial charge in [0.1, 0.15) is 12.4 Å². The summed E-state index contributed by atoms with van der Waals surface area (Å²) in [5.74, 6) is 0.365. The Morgan fingerprint density at radius 3 is 2.65 bits per heavy atom. The zero-order valence-corrected chi connectivity index (χ0v) is 15.8. The Balaban J connectivity index is 1.68. The summed E-state index contributed by atoms with van der Waals surface area (Å²) in [6.07, 6.45) is 0.236. The van der Waals surface area contributed by atoms with Gasteiger partial charge in [-0.15, -0.1) is 0 Å². The van der Waals surface area contributed by atoms with E-state index in [-0.39, 0.29) is 18.2 Å². The van der Waals surface area contributed by atoms with Crippen molar-refractivity contribution in [3.63, 3.8) is 0 Å². The highest BCUT2D eigenvalue weighted by Crippen LogP contribution is 2.22. The van der Waals surface area contributed by atoms with E-state index in [9.17, 15) is 9.59 Å². The highest BCUT2D eigenvalue weighted by Gasteiger charge is 2.11. The SMILES string of the molecule is Cc1cccc(C(=O)NCCC(=O)N(C)CCOc2ccccc2Cl)c1. The number of aryl methyl sites for hydroxylation is 1. The first-order valence-electron chi connectivity index (χ1n) is 8.43. The first kappa shape index (κ1) is 19.8. The number of carbonyl (C=O) groups excluding carboxylic acids is 2. The van der Waals surface area contributed by atoms with Crippen molar-refractivity contribution >= 4 is 23.4 Å². The fourth-order valence-electron chi connectivity index (χ4n) is 2.34. The average molecular weight is 375 g/mol. The van der Waals surface area contributed by atoms with E-state index >= 15 is 0 Å². The Labute approximate surface area is 158 Å². The number of hydrogen-bond donors (Lipinski definition) is 1. The molecule has 0 fully saturated rings. The predicted octanol–water partition coefficient (Wildman–Crippen LogP) is 3.31. The highest BCUT2D eigenvalue weighted by molar-refractivity contribution is 6.32. The second-order valence-electron chi connectivity index (χ2n) is 5.97. The van der Waals surface area contributed by atoms with Crippen LogP contribution >= 0.6 is 11.6 Å². The summed E-state index contributed by atoms with van der Waals surface area (Å²) < 4.78 is 5.57. The van der Waals surface area contributed by atoms with Crippen LogP contribution < -0.4 is 10.1 Å². The van der Waals surface area contributed by atoms with Crippen molar-refractivity contribution in [2.75, 3.05) is 26.7 Å². The lowest BCUT2D eigenvalue weighted by Gasteiger charge is -2.18. The molecular weight excluding hydrogens is 352 g/mol. The minimum absolute atomic E-state index is 0.0581. The van der Waals surface area contributed by atoms with E-state index in [0.29, 0.717) is 36.0 Å². The summed E-state index contributed by atoms with van der Waals surface area (Å²) >= 11 is 6.01. The fourth-order valence-corrected chi connectivity index (χ4v) is 2.53. The quantitative estimate of drug-likeness (QED) is 0.771. The third kappa shape index (κ3) is 6.08. The van der Waals surface area contributed by atoms with Gasteiger partial charge in [-0.1, -0.05) is 41.4 Å². The van der Waals surface area contributed by atoms with Gasteiger partial charge < -0.3 is 15.0 Å². The number of halogens is 1. The van der Waals surface area contributed by atoms with Gasteiger partial charge in [-0.05, 0) is 31.2 Å². The Morgan fingerprint density at radius 2 is 1.92 bits per heavy atom. The molecule has 2 aromatic rings. The summed E-state index contributed by atoms with van der Waals surface area (Å²) in [5.41, 5.74) is 1.62. The third-order valence-corrected chi connectivity index (χ3v) is 4.16. The molecule has 5 nitrogen and oxygen atoms in total. The van der Waals surface area contributed by atoms with Gasteiger partial charge in [0.15, 0.2) is 0 Å². The number of benzene rings is 2. The van der Waals surface area contributed by atoms with Gasteiger partial charge in [0.2, 0.25) is 5.91 Å². The molecule has 6 heteroatoms. The number of nitrogens with one attached hydrogen (secondary N) is 1. The van der Waals surface area contributed by atoms with E-state index in [1.807, 2.05) is 37.3 Å². The van der Waals surface area contributed by atoms with Crippen LogP contribution in [0.1, 0.15) is 22.3 Å². The minimum atomic E-state index is -0.175. The van der Waals surface area contributed by atoms with Crippen molar-refractivity contribution in [3.8, 4) is 5.75 Å². The number of ether oxygens (including phenoxy) is 1. The number of rotatable bonds is 8. The molecule has 0 unspecified atom stereocenters. The maximum atomic E-state index is 12.1. The zero-order chi connectivity index (χ0) is 18.9. The molecule has 0 radical (unpaired) electrons. The second-order valence-corrected chi connectivity index (χ2v) is 6.38. The predicted molar refractivity (Wildman–Crippen MR) is 103 cm³/mol. The van der Waals surface area contributed by atoms with Crippen LogP contribution in [0.15, 0.2) is 48.5 Å². The largest absolute Gasteiger partial charge is 0.490 e. The Hall–Kier alpha value is -2.53. The topological polar surface area (TPSA) is 58.6 Å². The standard InChI is InChI=1S/C20H23ClN2O3/c1-15-6-5-7-16(14-15)20(25)22-11-10-19(24)23(2)12-13-26-18-9-4-3-8-17(18)21/h3-9,14H,10-13H2,1-2H3,(H,22,25). The molecular formula is C20H23ClN2O3. The van der Waals surface area contributed by atoms with Gasteiger partial charge >= 0.3 is 0 Å². The van der Waals surface area contributed by atoms with Gasteiger partial charge in [0.25, 0.3) is 5.91 Å². The molecule has 2 amide bonds. The molecule has 138 valence electrons. The van der Waals surface area contributed by atoms with Crippen molar-refractivity contribution in [2.45, 2.75) is 13.3 Å². The number of para-hydroxylation sites is 1. The van der Waals surface area contributed by atoms with Gasteiger partial charge in [-0.3, -0.25) is 9.59 Å². The lowest BCUT2D eigenvalue weighted by Crippen LogP contribution is -2.34. The molecule has 0 aliphatic heterocycles. The zero-order valence-electron chi connectivity index (χ0n) is 15.0. The van der Waals surface area contributed by atoms with Gasteiger partial charge in [0, 0.05) is 25.6 Å². The van der Waals surface area contributed by atoms with E-state index < -0.39 is 0 Å². The Bertz CT molecular complexity index is 764. The van der Waals surface area contributed by atoms with Crippen LogP contribution in [0.2, 0.25) is 5.02 Å². The number of hydrogen-bond acceptors (Lipinski definition) is 3. The number of nitrogens with zero attached hydrogens (tertiary/aromatic N) is 1. The van der Waals surface area contributed by atoms with Crippen LogP contribution in [-0.4, -0.2) is 43.5 Å². The van der Waals surface area contributed by atoms with Crippen molar-refractivity contribution in [1.82, 2.24) is 10.2 Å². The van der Waals surface area contributed by atoms with Crippen LogP contribution in [0.3, 0.4) is 0 Å². The summed E-state index contributed by atoms with van der Waals surface area (Å²) in [7, 11) is 1.71.